The van der Waals surface area contributed by atoms with Gasteiger partial charge in [0.25, 0.3) is 5.91 Å². The quantitative estimate of drug-likeness (QED) is 0.605. The molecule has 0 fully saturated rings. The van der Waals surface area contributed by atoms with E-state index in [1.165, 1.54) is 11.3 Å². The molecule has 0 saturated heterocycles. The summed E-state index contributed by atoms with van der Waals surface area (Å²) in [6.45, 7) is 2.80. The fraction of sp³-hybridized carbons (Fsp3) is 0.500. The van der Waals surface area contributed by atoms with Crippen molar-refractivity contribution >= 4 is 28.4 Å². The monoisotopic (exact) mass is 413 g/mol. The van der Waals surface area contributed by atoms with E-state index in [0.717, 1.165) is 30.4 Å². The van der Waals surface area contributed by atoms with Crippen LogP contribution in [0.1, 0.15) is 28.9 Å². The van der Waals surface area contributed by atoms with Crippen LogP contribution in [0.5, 0.6) is 5.75 Å². The van der Waals surface area contributed by atoms with Crippen LogP contribution in [-0.4, -0.2) is 76.1 Å². The molecule has 2 amide bonds. The number of carbonyl (C=O) groups excluding carboxylic acids is 2. The van der Waals surface area contributed by atoms with E-state index in [9.17, 15) is 9.59 Å². The third kappa shape index (κ3) is 5.18. The molecule has 30 heavy (non-hydrogen) atoms. The molecule has 0 radical (unpaired) electrons. The van der Waals surface area contributed by atoms with Crippen molar-refractivity contribution in [1.82, 2.24) is 20.5 Å². The normalized spacial score (nSPS) is 12.9. The Labute approximate surface area is 177 Å². The van der Waals surface area contributed by atoms with Crippen LogP contribution < -0.4 is 20.3 Å². The van der Waals surface area contributed by atoms with Gasteiger partial charge in [0.2, 0.25) is 5.91 Å². The van der Waals surface area contributed by atoms with Crippen LogP contribution in [0, 0.1) is 0 Å². The lowest BCUT2D eigenvalue weighted by Crippen LogP contribution is -2.31. The Balaban J connectivity index is 1.71. The largest absolute Gasteiger partial charge is 0.493 e. The zero-order valence-electron chi connectivity index (χ0n) is 18.2. The first-order valence-electron chi connectivity index (χ1n) is 10.3. The predicted octanol–water partition coefficient (Wildman–Crippen LogP) is 1.42. The maximum atomic E-state index is 12.2. The first-order chi connectivity index (χ1) is 14.4. The molecule has 2 N–H and O–H groups in total. The van der Waals surface area contributed by atoms with Crippen LogP contribution in [0.2, 0.25) is 0 Å². The summed E-state index contributed by atoms with van der Waals surface area (Å²) >= 11 is 0. The van der Waals surface area contributed by atoms with Gasteiger partial charge in [-0.3, -0.25) is 9.59 Å². The molecular formula is C22H31N5O3. The van der Waals surface area contributed by atoms with Crippen molar-refractivity contribution in [2.24, 2.45) is 0 Å². The van der Waals surface area contributed by atoms with E-state index in [-0.39, 0.29) is 11.8 Å². The molecule has 0 aliphatic carbocycles. The first kappa shape index (κ1) is 21.8. The minimum atomic E-state index is -0.250. The van der Waals surface area contributed by atoms with Crippen LogP contribution in [0.3, 0.4) is 0 Å². The van der Waals surface area contributed by atoms with E-state index in [1.807, 2.05) is 25.1 Å². The number of nitrogens with one attached hydrogen (secondary N) is 2. The van der Waals surface area contributed by atoms with E-state index in [0.29, 0.717) is 37.4 Å². The number of nitrogens with zero attached hydrogens (tertiary/aromatic N) is 3. The predicted molar refractivity (Wildman–Crippen MR) is 118 cm³/mol. The zero-order chi connectivity index (χ0) is 21.7. The lowest BCUT2D eigenvalue weighted by Gasteiger charge is -2.15. The number of rotatable bonds is 9. The SMILES string of the molecule is CNC(=O)c1cc(OCCCC(=O)NCCN(C)C)c2cc3c(cc2n1)CCN3C. The number of carbonyl (C=O) groups is 2. The van der Waals surface area contributed by atoms with Crippen molar-refractivity contribution in [2.75, 3.05) is 59.3 Å². The van der Waals surface area contributed by atoms with Gasteiger partial charge in [0.1, 0.15) is 11.4 Å². The zero-order valence-corrected chi connectivity index (χ0v) is 18.2. The number of hydrogen-bond acceptors (Lipinski definition) is 6. The van der Waals surface area contributed by atoms with Crippen molar-refractivity contribution < 1.29 is 14.3 Å². The third-order valence-electron chi connectivity index (χ3n) is 5.25. The number of aromatic nitrogens is 1. The number of hydrogen-bond donors (Lipinski definition) is 2. The van der Waals surface area contributed by atoms with Gasteiger partial charge in [-0.25, -0.2) is 4.98 Å². The summed E-state index contributed by atoms with van der Waals surface area (Å²) in [5, 5.41) is 6.40. The van der Waals surface area contributed by atoms with Crippen LogP contribution in [-0.2, 0) is 11.2 Å². The molecule has 162 valence electrons. The molecule has 0 unspecified atom stereocenters. The van der Waals surface area contributed by atoms with Crippen molar-refractivity contribution in [3.05, 3.63) is 29.5 Å². The summed E-state index contributed by atoms with van der Waals surface area (Å²) in [7, 11) is 7.60. The summed E-state index contributed by atoms with van der Waals surface area (Å²) in [6.07, 6.45) is 1.96. The summed E-state index contributed by atoms with van der Waals surface area (Å²) < 4.78 is 6.02. The number of fused-ring (bicyclic) bond motifs is 2. The molecule has 2 heterocycles. The van der Waals surface area contributed by atoms with Gasteiger partial charge in [-0.2, -0.15) is 0 Å². The number of benzene rings is 1. The summed E-state index contributed by atoms with van der Waals surface area (Å²) in [5.74, 6) is 0.389. The maximum absolute atomic E-state index is 12.2. The summed E-state index contributed by atoms with van der Waals surface area (Å²) in [5.41, 5.74) is 3.48. The van der Waals surface area contributed by atoms with Gasteiger partial charge in [-0.15, -0.1) is 0 Å². The van der Waals surface area contributed by atoms with Gasteiger partial charge in [0.05, 0.1) is 12.1 Å². The molecule has 0 spiro atoms. The fourth-order valence-corrected chi connectivity index (χ4v) is 3.52. The van der Waals surface area contributed by atoms with Gasteiger partial charge in [0.15, 0.2) is 0 Å². The highest BCUT2D eigenvalue weighted by molar-refractivity contribution is 5.98. The van der Waals surface area contributed by atoms with Gasteiger partial charge in [-0.05, 0) is 44.6 Å². The van der Waals surface area contributed by atoms with E-state index in [1.54, 1.807) is 13.1 Å². The van der Waals surface area contributed by atoms with Crippen molar-refractivity contribution in [2.45, 2.75) is 19.3 Å². The molecule has 0 saturated carbocycles. The van der Waals surface area contributed by atoms with Crippen molar-refractivity contribution in [3.63, 3.8) is 0 Å². The van der Waals surface area contributed by atoms with E-state index in [2.05, 4.69) is 33.6 Å². The Hall–Kier alpha value is -2.87. The molecule has 1 aromatic heterocycles. The Morgan fingerprint density at radius 2 is 2.07 bits per heavy atom. The average Bonchev–Trinajstić information content (AvgIpc) is 3.08. The fourth-order valence-electron chi connectivity index (χ4n) is 3.52. The minimum Gasteiger partial charge on any atom is -0.493 e. The lowest BCUT2D eigenvalue weighted by molar-refractivity contribution is -0.121. The lowest BCUT2D eigenvalue weighted by atomic mass is 10.1. The number of pyridine rings is 1. The Bertz CT molecular complexity index is 929. The summed E-state index contributed by atoms with van der Waals surface area (Å²) in [4.78, 5) is 32.9. The number of anilines is 1. The second kappa shape index (κ2) is 9.75. The molecule has 2 aromatic rings. The molecular weight excluding hydrogens is 382 g/mol. The highest BCUT2D eigenvalue weighted by Crippen LogP contribution is 2.35. The van der Waals surface area contributed by atoms with Gasteiger partial charge < -0.3 is 25.2 Å². The standard InChI is InChI=1S/C22H31N5O3/c1-23-22(29)18-14-20(30-11-5-6-21(28)24-8-10-26(2)3)16-13-19-15(7-9-27(19)4)12-17(16)25-18/h12-14H,5-11H2,1-4H3,(H,23,29)(H,24,28). The van der Waals surface area contributed by atoms with Crippen molar-refractivity contribution in [1.29, 1.82) is 0 Å². The van der Waals surface area contributed by atoms with Crippen LogP contribution in [0.15, 0.2) is 18.2 Å². The maximum Gasteiger partial charge on any atom is 0.269 e. The second-order valence-electron chi connectivity index (χ2n) is 7.86. The minimum absolute atomic E-state index is 0.0190. The van der Waals surface area contributed by atoms with Crippen LogP contribution in [0.25, 0.3) is 10.9 Å². The van der Waals surface area contributed by atoms with E-state index >= 15 is 0 Å². The Kier molecular flexibility index (Phi) is 7.10. The smallest absolute Gasteiger partial charge is 0.269 e. The molecule has 0 bridgehead atoms. The van der Waals surface area contributed by atoms with Crippen LogP contribution in [0.4, 0.5) is 5.69 Å². The van der Waals surface area contributed by atoms with Crippen LogP contribution >= 0.6 is 0 Å². The summed E-state index contributed by atoms with van der Waals surface area (Å²) in [6, 6.07) is 5.81. The average molecular weight is 414 g/mol. The molecule has 3 rings (SSSR count). The molecule has 1 aliphatic rings. The second-order valence-corrected chi connectivity index (χ2v) is 7.86. The molecule has 1 aromatic carbocycles. The molecule has 1 aliphatic heterocycles. The van der Waals surface area contributed by atoms with E-state index in [4.69, 9.17) is 4.74 Å². The Morgan fingerprint density at radius 1 is 1.27 bits per heavy atom. The molecule has 8 nitrogen and oxygen atoms in total. The highest BCUT2D eigenvalue weighted by Gasteiger charge is 2.20. The highest BCUT2D eigenvalue weighted by atomic mass is 16.5. The van der Waals surface area contributed by atoms with Gasteiger partial charge in [-0.1, -0.05) is 0 Å². The number of likely N-dealkylation sites (N-methyl/N-ethyl adjacent to an activating group) is 2. The van der Waals surface area contributed by atoms with Crippen molar-refractivity contribution in [3.8, 4) is 5.75 Å². The van der Waals surface area contributed by atoms with E-state index < -0.39 is 0 Å². The molecule has 0 atom stereocenters. The first-order valence-corrected chi connectivity index (χ1v) is 10.3. The molecule has 8 heteroatoms. The number of amides is 2. The third-order valence-corrected chi connectivity index (χ3v) is 5.25. The number of ether oxygens (including phenoxy) is 1. The topological polar surface area (TPSA) is 86.8 Å². The van der Waals surface area contributed by atoms with Gasteiger partial charge >= 0.3 is 0 Å². The van der Waals surface area contributed by atoms with Gasteiger partial charge in [0, 0.05) is 57.3 Å². The Morgan fingerprint density at radius 3 is 2.80 bits per heavy atom.